The molecule has 1 aromatic carbocycles. The van der Waals surface area contributed by atoms with E-state index in [0.717, 1.165) is 16.8 Å². The van der Waals surface area contributed by atoms with Crippen molar-refractivity contribution in [3.05, 3.63) is 86.6 Å². The molecule has 3 aromatic rings. The van der Waals surface area contributed by atoms with Crippen molar-refractivity contribution < 1.29 is 41.0 Å². The number of carboxylic acid groups (broad SMARTS) is 1. The van der Waals surface area contributed by atoms with Crippen molar-refractivity contribution >= 4 is 11.9 Å². The van der Waals surface area contributed by atoms with Gasteiger partial charge in [0, 0.05) is 18.8 Å². The maximum atomic E-state index is 14.1. The zero-order valence-corrected chi connectivity index (χ0v) is 26.9. The largest absolute Gasteiger partial charge is 0.481 e. The fourth-order valence-electron chi connectivity index (χ4n) is 5.40. The van der Waals surface area contributed by atoms with E-state index >= 15 is 0 Å². The first-order valence-corrected chi connectivity index (χ1v) is 14.8. The van der Waals surface area contributed by atoms with Gasteiger partial charge < -0.3 is 19.9 Å². The average molecular weight is 669 g/mol. The summed E-state index contributed by atoms with van der Waals surface area (Å²) in [6.45, 7) is 7.03. The minimum Gasteiger partial charge on any atom is -0.481 e. The zero-order valence-electron chi connectivity index (χ0n) is 26.9. The predicted octanol–water partition coefficient (Wildman–Crippen LogP) is 6.59. The number of pyridine rings is 2. The van der Waals surface area contributed by atoms with Crippen molar-refractivity contribution in [1.82, 2.24) is 19.8 Å². The van der Waals surface area contributed by atoms with E-state index in [1.54, 1.807) is 64.9 Å². The fraction of sp³-hybridized carbons (Fsp3) is 0.455. The highest BCUT2D eigenvalue weighted by Gasteiger charge is 2.37. The molecule has 0 bridgehead atoms. The summed E-state index contributed by atoms with van der Waals surface area (Å²) >= 11 is 0. The molecule has 47 heavy (non-hydrogen) atoms. The number of alkyl halides is 6. The van der Waals surface area contributed by atoms with E-state index < -0.39 is 59.6 Å². The number of carbonyl (C=O) groups excluding carboxylic acids is 1. The maximum absolute atomic E-state index is 14.1. The van der Waals surface area contributed by atoms with Crippen molar-refractivity contribution in [3.8, 4) is 11.1 Å². The van der Waals surface area contributed by atoms with Crippen LogP contribution >= 0.6 is 0 Å². The summed E-state index contributed by atoms with van der Waals surface area (Å²) in [7, 11) is 3.32. The van der Waals surface area contributed by atoms with E-state index in [2.05, 4.69) is 10.3 Å². The Morgan fingerprint density at radius 3 is 2.13 bits per heavy atom. The highest BCUT2D eigenvalue weighted by molar-refractivity contribution is 5.82. The Kier molecular flexibility index (Phi) is 11.7. The van der Waals surface area contributed by atoms with Gasteiger partial charge in [-0.25, -0.2) is 4.98 Å². The van der Waals surface area contributed by atoms with Crippen LogP contribution in [0.15, 0.2) is 47.4 Å². The molecule has 0 aliphatic carbocycles. The number of aryl methyl sites for hydroxylation is 2. The van der Waals surface area contributed by atoms with Crippen molar-refractivity contribution in [2.45, 2.75) is 71.4 Å². The van der Waals surface area contributed by atoms with Gasteiger partial charge in [0.25, 0.3) is 5.56 Å². The Labute approximate surface area is 268 Å². The molecule has 0 radical (unpaired) electrons. The van der Waals surface area contributed by atoms with Gasteiger partial charge in [0.1, 0.15) is 11.7 Å². The normalized spacial score (nSPS) is 13.6. The zero-order chi connectivity index (χ0) is 35.4. The van der Waals surface area contributed by atoms with Gasteiger partial charge in [0.2, 0.25) is 5.91 Å². The van der Waals surface area contributed by atoms with Gasteiger partial charge in [0.15, 0.2) is 0 Å². The number of amides is 1. The molecular weight excluding hydrogens is 630 g/mol. The quantitative estimate of drug-likeness (QED) is 0.211. The van der Waals surface area contributed by atoms with Gasteiger partial charge in [-0.1, -0.05) is 32.0 Å². The summed E-state index contributed by atoms with van der Waals surface area (Å²) in [5.74, 6) is -2.69. The molecule has 0 saturated heterocycles. The van der Waals surface area contributed by atoms with Gasteiger partial charge in [-0.2, -0.15) is 26.3 Å². The minimum absolute atomic E-state index is 0.0479. The average Bonchev–Trinajstić information content (AvgIpc) is 2.93. The smallest absolute Gasteiger partial charge is 0.433 e. The molecule has 3 rings (SSSR count). The van der Waals surface area contributed by atoms with E-state index in [1.807, 2.05) is 0 Å². The number of rotatable bonds is 12. The van der Waals surface area contributed by atoms with E-state index in [1.165, 1.54) is 6.07 Å². The Bertz CT molecular complexity index is 1640. The van der Waals surface area contributed by atoms with Crippen molar-refractivity contribution in [3.63, 3.8) is 0 Å². The number of benzene rings is 1. The van der Waals surface area contributed by atoms with Crippen LogP contribution in [0.25, 0.3) is 11.1 Å². The first kappa shape index (κ1) is 37.3. The number of nitrogens with one attached hydrogen (secondary N) is 1. The number of hydrogen-bond donors (Lipinski definition) is 2. The lowest BCUT2D eigenvalue weighted by molar-refractivity contribution is -0.141. The SMILES string of the molecule is Cc1cccc(C)c1-c1cc([C@H](CC(=O)O)NC(=O)[C@H](CC(C)C)n2cc(CCN(C)C)c(C(F)(F)F)cc2=O)nc(C(F)(F)F)c1. The number of halogens is 6. The van der Waals surface area contributed by atoms with Crippen molar-refractivity contribution in [2.75, 3.05) is 20.6 Å². The molecule has 8 nitrogen and oxygen atoms in total. The van der Waals surface area contributed by atoms with Crippen LogP contribution in [0.5, 0.6) is 0 Å². The van der Waals surface area contributed by atoms with Crippen LogP contribution in [-0.4, -0.2) is 52.1 Å². The van der Waals surface area contributed by atoms with Crippen LogP contribution in [0.1, 0.15) is 72.4 Å². The molecule has 14 heteroatoms. The number of aromatic nitrogens is 2. The molecule has 1 amide bonds. The summed E-state index contributed by atoms with van der Waals surface area (Å²) in [5.41, 5.74) is -2.30. The standard InChI is InChI=1S/C33H38F6N4O4/c1-18(2)12-26(43-17-21(10-11-42(5)6)23(15-28(43)44)32(34,35)36)31(47)41-25(16-29(45)46)24-13-22(14-27(40-24)33(37,38)39)30-19(3)8-7-9-20(30)4/h7-9,13-15,17-18,25-26H,10-12,16H2,1-6H3,(H,41,47)(H,45,46)/t25-,26-/m0/s1. The summed E-state index contributed by atoms with van der Waals surface area (Å²) in [6, 6.07) is 4.69. The van der Waals surface area contributed by atoms with Gasteiger partial charge in [-0.05, 0) is 86.7 Å². The van der Waals surface area contributed by atoms with Crippen LogP contribution < -0.4 is 10.9 Å². The van der Waals surface area contributed by atoms with Crippen molar-refractivity contribution in [2.24, 2.45) is 5.92 Å². The maximum Gasteiger partial charge on any atom is 0.433 e. The number of carbonyl (C=O) groups is 2. The molecule has 0 saturated carbocycles. The van der Waals surface area contributed by atoms with E-state index in [4.69, 9.17) is 0 Å². The topological polar surface area (TPSA) is 105 Å². The third kappa shape index (κ3) is 9.66. The monoisotopic (exact) mass is 668 g/mol. The predicted molar refractivity (Wildman–Crippen MR) is 164 cm³/mol. The van der Waals surface area contributed by atoms with E-state index in [-0.39, 0.29) is 42.1 Å². The van der Waals surface area contributed by atoms with Crippen LogP contribution in [0, 0.1) is 19.8 Å². The Morgan fingerprint density at radius 2 is 1.62 bits per heavy atom. The Morgan fingerprint density at radius 1 is 1.00 bits per heavy atom. The molecule has 256 valence electrons. The molecule has 0 fully saturated rings. The third-order valence-electron chi connectivity index (χ3n) is 7.59. The highest BCUT2D eigenvalue weighted by Crippen LogP contribution is 2.36. The first-order valence-electron chi connectivity index (χ1n) is 14.8. The number of carboxylic acids is 1. The van der Waals surface area contributed by atoms with Crippen LogP contribution in [0.4, 0.5) is 26.3 Å². The number of likely N-dealkylation sites (N-methyl/N-ethyl adjacent to an activating group) is 1. The summed E-state index contributed by atoms with van der Waals surface area (Å²) in [6.07, 6.45) is -9.80. The number of aliphatic carboxylic acids is 1. The lowest BCUT2D eigenvalue weighted by atomic mass is 9.94. The van der Waals surface area contributed by atoms with Crippen LogP contribution in [0.3, 0.4) is 0 Å². The highest BCUT2D eigenvalue weighted by atomic mass is 19.4. The van der Waals surface area contributed by atoms with E-state index in [0.29, 0.717) is 22.8 Å². The van der Waals surface area contributed by atoms with E-state index in [9.17, 15) is 45.8 Å². The molecule has 0 unspecified atom stereocenters. The molecule has 0 aliphatic rings. The Hall–Kier alpha value is -4.20. The second-order valence-corrected chi connectivity index (χ2v) is 12.2. The van der Waals surface area contributed by atoms with Gasteiger partial charge in [0.05, 0.1) is 23.7 Å². The minimum atomic E-state index is -4.92. The van der Waals surface area contributed by atoms with Crippen molar-refractivity contribution in [1.29, 1.82) is 0 Å². The van der Waals surface area contributed by atoms with Gasteiger partial charge in [-0.15, -0.1) is 0 Å². The summed E-state index contributed by atoms with van der Waals surface area (Å²) in [5, 5.41) is 12.1. The second kappa shape index (κ2) is 14.7. The molecule has 2 N–H and O–H groups in total. The fourth-order valence-corrected chi connectivity index (χ4v) is 5.40. The lowest BCUT2D eigenvalue weighted by Crippen LogP contribution is -2.41. The van der Waals surface area contributed by atoms with Gasteiger partial charge in [-0.3, -0.25) is 14.4 Å². The second-order valence-electron chi connectivity index (χ2n) is 12.2. The molecule has 0 spiro atoms. The molecule has 2 atom stereocenters. The Balaban J connectivity index is 2.18. The lowest BCUT2D eigenvalue weighted by Gasteiger charge is -2.26. The van der Waals surface area contributed by atoms with Crippen LogP contribution in [0.2, 0.25) is 0 Å². The summed E-state index contributed by atoms with van der Waals surface area (Å²) < 4.78 is 84.7. The van der Waals surface area contributed by atoms with Crippen LogP contribution in [-0.2, 0) is 28.4 Å². The molecule has 2 aromatic heterocycles. The first-order chi connectivity index (χ1) is 21.7. The molecular formula is C33H38F6N4O4. The molecule has 2 heterocycles. The van der Waals surface area contributed by atoms with Gasteiger partial charge >= 0.3 is 18.3 Å². The number of nitrogens with zero attached hydrogens (tertiary/aromatic N) is 3. The number of hydrogen-bond acceptors (Lipinski definition) is 5. The molecule has 0 aliphatic heterocycles. The summed E-state index contributed by atoms with van der Waals surface area (Å²) in [4.78, 5) is 44.2. The third-order valence-corrected chi connectivity index (χ3v) is 7.59.